The van der Waals surface area contributed by atoms with Crippen LogP contribution in [0.5, 0.6) is 0 Å². The zero-order valence-corrected chi connectivity index (χ0v) is 18.0. The summed E-state index contributed by atoms with van der Waals surface area (Å²) in [6, 6.07) is 19.6. The van der Waals surface area contributed by atoms with Gasteiger partial charge in [-0.05, 0) is 49.4 Å². The second kappa shape index (κ2) is 5.76. The number of aromatic nitrogens is 2. The maximum Gasteiger partial charge on any atom is 0.178 e. The Morgan fingerprint density at radius 2 is 1.42 bits per heavy atom. The van der Waals surface area contributed by atoms with E-state index in [4.69, 9.17) is 9.97 Å². The quantitative estimate of drug-likeness (QED) is 0.477. The average Bonchev–Trinajstić information content (AvgIpc) is 3.15. The molecule has 0 spiro atoms. The van der Waals surface area contributed by atoms with Gasteiger partial charge in [-0.15, -0.1) is 0 Å². The van der Waals surface area contributed by atoms with Gasteiger partial charge in [0.1, 0.15) is 6.17 Å². The summed E-state index contributed by atoms with van der Waals surface area (Å²) in [5.74, 6) is 2.03. The predicted octanol–water partition coefficient (Wildman–Crippen LogP) is 5.82. The van der Waals surface area contributed by atoms with Crippen LogP contribution in [0.4, 0.5) is 23.0 Å². The molecule has 31 heavy (non-hydrogen) atoms. The molecule has 4 aliphatic rings. The smallest absolute Gasteiger partial charge is 0.178 e. The van der Waals surface area contributed by atoms with Gasteiger partial charge in [0, 0.05) is 22.2 Å². The molecular weight excluding hydrogens is 380 g/mol. The van der Waals surface area contributed by atoms with Gasteiger partial charge in [-0.25, -0.2) is 9.97 Å². The fourth-order valence-corrected chi connectivity index (χ4v) is 6.23. The number of hydrogen-bond acceptors (Lipinski definition) is 4. The van der Waals surface area contributed by atoms with E-state index in [2.05, 4.69) is 90.4 Å². The molecule has 0 N–H and O–H groups in total. The maximum absolute atomic E-state index is 5.29. The molecule has 2 aliphatic heterocycles. The highest BCUT2D eigenvalue weighted by atomic mass is 15.5. The predicted molar refractivity (Wildman–Crippen MR) is 124 cm³/mol. The number of aryl methyl sites for hydroxylation is 2. The van der Waals surface area contributed by atoms with Crippen LogP contribution in [0.15, 0.2) is 66.7 Å². The molecule has 2 aromatic carbocycles. The van der Waals surface area contributed by atoms with E-state index >= 15 is 0 Å². The second-order valence-corrected chi connectivity index (χ2v) is 9.76. The molecule has 0 saturated carbocycles. The van der Waals surface area contributed by atoms with Crippen LogP contribution < -0.4 is 9.80 Å². The Balaban J connectivity index is 1.55. The number of benzene rings is 2. The van der Waals surface area contributed by atoms with E-state index in [1.54, 1.807) is 0 Å². The van der Waals surface area contributed by atoms with Gasteiger partial charge in [0.05, 0.1) is 11.4 Å². The minimum absolute atomic E-state index is 0.0144. The lowest BCUT2D eigenvalue weighted by Gasteiger charge is -2.61. The molecule has 0 amide bonds. The average molecular weight is 407 g/mol. The molecule has 3 unspecified atom stereocenters. The van der Waals surface area contributed by atoms with Gasteiger partial charge in [0.2, 0.25) is 0 Å². The van der Waals surface area contributed by atoms with Crippen molar-refractivity contribution in [2.45, 2.75) is 51.1 Å². The topological polar surface area (TPSA) is 32.3 Å². The summed E-state index contributed by atoms with van der Waals surface area (Å²) in [5.41, 5.74) is 6.15. The van der Waals surface area contributed by atoms with E-state index in [-0.39, 0.29) is 17.0 Å². The Bertz CT molecular complexity index is 1250. The first-order valence-corrected chi connectivity index (χ1v) is 11.4. The molecule has 0 fully saturated rings. The first-order valence-electron chi connectivity index (χ1n) is 11.4. The van der Waals surface area contributed by atoms with E-state index < -0.39 is 0 Å². The second-order valence-electron chi connectivity index (χ2n) is 9.76. The van der Waals surface area contributed by atoms with Crippen molar-refractivity contribution < 1.29 is 0 Å². The van der Waals surface area contributed by atoms with Crippen LogP contribution >= 0.6 is 0 Å². The van der Waals surface area contributed by atoms with Crippen LogP contribution in [-0.4, -0.2) is 16.1 Å². The van der Waals surface area contributed by atoms with E-state index in [1.165, 1.54) is 41.2 Å². The highest BCUT2D eigenvalue weighted by molar-refractivity contribution is 5.88. The van der Waals surface area contributed by atoms with Crippen molar-refractivity contribution in [2.75, 3.05) is 9.80 Å². The Kier molecular flexibility index (Phi) is 3.26. The highest BCUT2D eigenvalue weighted by Crippen LogP contribution is 2.66. The Morgan fingerprint density at radius 1 is 0.774 bits per heavy atom. The van der Waals surface area contributed by atoms with Crippen LogP contribution in [0.3, 0.4) is 0 Å². The molecule has 4 nitrogen and oxygen atoms in total. The van der Waals surface area contributed by atoms with Crippen LogP contribution in [0, 0.1) is 5.41 Å². The molecular formula is C27H26N4. The van der Waals surface area contributed by atoms with Crippen molar-refractivity contribution in [3.8, 4) is 0 Å². The Hall–Kier alpha value is -3.14. The van der Waals surface area contributed by atoms with Gasteiger partial charge in [0.25, 0.3) is 0 Å². The standard InChI is InChI=1S/C27H26N4/c1-26-16-17-27(26,2)25-30(18-10-4-3-5-11-18)23-24(29-21-14-8-7-13-20(21)28-23)31(25)22-15-9-6-12-19(22)26/h3-6,9-12,15-17,25H,7-8,13-14H2,1-2H3. The Morgan fingerprint density at radius 3 is 2.10 bits per heavy atom. The summed E-state index contributed by atoms with van der Waals surface area (Å²) < 4.78 is 0. The van der Waals surface area contributed by atoms with Crippen LogP contribution in [-0.2, 0) is 18.3 Å². The summed E-state index contributed by atoms with van der Waals surface area (Å²) in [5, 5.41) is 0. The van der Waals surface area contributed by atoms with Crippen LogP contribution in [0.25, 0.3) is 0 Å². The molecule has 7 rings (SSSR count). The number of anilines is 4. The van der Waals surface area contributed by atoms with Gasteiger partial charge in [-0.1, -0.05) is 62.4 Å². The minimum atomic E-state index is -0.0555. The third kappa shape index (κ3) is 2.01. The first kappa shape index (κ1) is 17.5. The van der Waals surface area contributed by atoms with Crippen LogP contribution in [0.2, 0.25) is 0 Å². The number of nitrogens with zero attached hydrogens (tertiary/aromatic N) is 4. The van der Waals surface area contributed by atoms with Gasteiger partial charge >= 0.3 is 0 Å². The number of hydrogen-bond donors (Lipinski definition) is 0. The molecule has 3 heterocycles. The number of fused-ring (bicyclic) bond motifs is 9. The molecule has 2 aliphatic carbocycles. The lowest BCUT2D eigenvalue weighted by molar-refractivity contribution is 0.174. The van der Waals surface area contributed by atoms with Crippen molar-refractivity contribution in [1.29, 1.82) is 0 Å². The van der Waals surface area contributed by atoms with E-state index in [0.717, 1.165) is 24.5 Å². The highest BCUT2D eigenvalue weighted by Gasteiger charge is 2.64. The van der Waals surface area contributed by atoms with Crippen molar-refractivity contribution in [3.63, 3.8) is 0 Å². The monoisotopic (exact) mass is 406 g/mol. The summed E-state index contributed by atoms with van der Waals surface area (Å²) in [4.78, 5) is 15.5. The molecule has 4 heteroatoms. The van der Waals surface area contributed by atoms with Crippen molar-refractivity contribution >= 4 is 23.0 Å². The van der Waals surface area contributed by atoms with Gasteiger partial charge in [-0.3, -0.25) is 0 Å². The molecule has 154 valence electrons. The number of para-hydroxylation sites is 2. The maximum atomic E-state index is 5.29. The lowest BCUT2D eigenvalue weighted by atomic mass is 9.51. The summed E-state index contributed by atoms with van der Waals surface area (Å²) in [6.45, 7) is 4.80. The van der Waals surface area contributed by atoms with Crippen molar-refractivity contribution in [1.82, 2.24) is 9.97 Å². The Labute approximate surface area is 183 Å². The minimum Gasteiger partial charge on any atom is -0.301 e. The fraction of sp³-hybridized carbons (Fsp3) is 0.333. The third-order valence-corrected chi connectivity index (χ3v) is 8.21. The number of rotatable bonds is 1. The largest absolute Gasteiger partial charge is 0.301 e. The first-order chi connectivity index (χ1) is 15.1. The molecule has 0 saturated heterocycles. The summed E-state index contributed by atoms with van der Waals surface area (Å²) >= 11 is 0. The van der Waals surface area contributed by atoms with E-state index in [1.807, 2.05) is 0 Å². The van der Waals surface area contributed by atoms with Crippen molar-refractivity contribution in [3.05, 3.63) is 83.7 Å². The zero-order valence-electron chi connectivity index (χ0n) is 18.0. The zero-order chi connectivity index (χ0) is 20.8. The molecule has 0 radical (unpaired) electrons. The van der Waals surface area contributed by atoms with E-state index in [9.17, 15) is 0 Å². The molecule has 0 bridgehead atoms. The third-order valence-electron chi connectivity index (χ3n) is 8.21. The van der Waals surface area contributed by atoms with Gasteiger partial charge in [-0.2, -0.15) is 0 Å². The normalized spacial score (nSPS) is 29.4. The summed E-state index contributed by atoms with van der Waals surface area (Å²) in [7, 11) is 0. The molecule has 1 aromatic heterocycles. The summed E-state index contributed by atoms with van der Waals surface area (Å²) in [6.07, 6.45) is 9.40. The van der Waals surface area contributed by atoms with Crippen molar-refractivity contribution in [2.24, 2.45) is 5.41 Å². The number of allylic oxidation sites excluding steroid dienone is 1. The fourth-order valence-electron chi connectivity index (χ4n) is 6.23. The van der Waals surface area contributed by atoms with E-state index in [0.29, 0.717) is 0 Å². The lowest BCUT2D eigenvalue weighted by Crippen LogP contribution is -2.64. The van der Waals surface area contributed by atoms with Gasteiger partial charge in [0.15, 0.2) is 11.6 Å². The SMILES string of the molecule is CC12C=CC1(C)C1N(c3ccccc3)c3nc4c(nc3N1c1ccccc12)CCCC4. The molecule has 3 aromatic rings. The van der Waals surface area contributed by atoms with Gasteiger partial charge < -0.3 is 9.80 Å². The molecule has 3 atom stereocenters. The van der Waals surface area contributed by atoms with Crippen LogP contribution in [0.1, 0.15) is 43.6 Å².